The van der Waals surface area contributed by atoms with Crippen molar-refractivity contribution in [1.82, 2.24) is 25.3 Å². The maximum atomic E-state index is 4.36. The van der Waals surface area contributed by atoms with Gasteiger partial charge in [-0.2, -0.15) is 11.8 Å². The van der Waals surface area contributed by atoms with Crippen LogP contribution in [0.2, 0.25) is 0 Å². The first kappa shape index (κ1) is 12.1. The van der Waals surface area contributed by atoms with Gasteiger partial charge < -0.3 is 4.90 Å². The van der Waals surface area contributed by atoms with Crippen molar-refractivity contribution < 1.29 is 0 Å². The fourth-order valence-electron chi connectivity index (χ4n) is 1.45. The molecule has 0 amide bonds. The SMILES string of the molecule is CCSC[C@H](C)N(C)c1ccc2nnnn2n1. The van der Waals surface area contributed by atoms with Crippen molar-refractivity contribution in [3.8, 4) is 0 Å². The van der Waals surface area contributed by atoms with Gasteiger partial charge in [0.2, 0.25) is 0 Å². The Morgan fingerprint density at radius 2 is 2.29 bits per heavy atom. The Bertz CT molecular complexity index is 484. The molecule has 0 aliphatic rings. The van der Waals surface area contributed by atoms with Crippen LogP contribution in [0.15, 0.2) is 12.1 Å². The van der Waals surface area contributed by atoms with Crippen LogP contribution in [0.1, 0.15) is 13.8 Å². The van der Waals surface area contributed by atoms with E-state index in [-0.39, 0.29) is 0 Å². The van der Waals surface area contributed by atoms with Crippen LogP contribution in [0.4, 0.5) is 5.82 Å². The third kappa shape index (κ3) is 2.66. The molecule has 2 rings (SSSR count). The molecule has 92 valence electrons. The first-order chi connectivity index (χ1) is 8.22. The van der Waals surface area contributed by atoms with Gasteiger partial charge in [0.25, 0.3) is 0 Å². The zero-order valence-electron chi connectivity index (χ0n) is 10.2. The topological polar surface area (TPSA) is 59.2 Å². The molecule has 7 heteroatoms. The molecule has 0 N–H and O–H groups in total. The number of hydrogen-bond acceptors (Lipinski definition) is 6. The standard InChI is InChI=1S/C10H16N6S/c1-4-17-7-8(2)15(3)10-6-5-9-11-13-14-16(9)12-10/h5-6,8H,4,7H2,1-3H3/t8-/m0/s1. The number of anilines is 1. The van der Waals surface area contributed by atoms with Crippen LogP contribution in [0, 0.1) is 0 Å². The van der Waals surface area contributed by atoms with E-state index in [0.29, 0.717) is 11.7 Å². The second kappa shape index (κ2) is 5.31. The van der Waals surface area contributed by atoms with E-state index in [2.05, 4.69) is 39.4 Å². The molecule has 1 atom stereocenters. The lowest BCUT2D eigenvalue weighted by Gasteiger charge is -2.25. The summed E-state index contributed by atoms with van der Waals surface area (Å²) in [5.41, 5.74) is 0.665. The monoisotopic (exact) mass is 252 g/mol. The highest BCUT2D eigenvalue weighted by atomic mass is 32.2. The highest BCUT2D eigenvalue weighted by Crippen LogP contribution is 2.14. The summed E-state index contributed by atoms with van der Waals surface area (Å²) in [5.74, 6) is 3.11. The summed E-state index contributed by atoms with van der Waals surface area (Å²) in [6, 6.07) is 4.25. The third-order valence-electron chi connectivity index (χ3n) is 2.64. The quantitative estimate of drug-likeness (QED) is 0.794. The van der Waals surface area contributed by atoms with E-state index in [4.69, 9.17) is 0 Å². The molecular formula is C10H16N6S. The highest BCUT2D eigenvalue weighted by Gasteiger charge is 2.12. The van der Waals surface area contributed by atoms with E-state index in [1.54, 1.807) is 0 Å². The lowest BCUT2D eigenvalue weighted by Crippen LogP contribution is -2.32. The van der Waals surface area contributed by atoms with Crippen molar-refractivity contribution in [2.45, 2.75) is 19.9 Å². The maximum Gasteiger partial charge on any atom is 0.200 e. The Morgan fingerprint density at radius 1 is 1.47 bits per heavy atom. The Hall–Kier alpha value is -1.37. The van der Waals surface area contributed by atoms with Crippen LogP contribution in [-0.4, -0.2) is 49.8 Å². The van der Waals surface area contributed by atoms with Crippen molar-refractivity contribution >= 4 is 23.2 Å². The van der Waals surface area contributed by atoms with E-state index < -0.39 is 0 Å². The molecule has 2 heterocycles. The largest absolute Gasteiger partial charge is 0.355 e. The Labute approximate surface area is 104 Å². The molecule has 0 spiro atoms. The van der Waals surface area contributed by atoms with E-state index >= 15 is 0 Å². The van der Waals surface area contributed by atoms with E-state index in [9.17, 15) is 0 Å². The van der Waals surface area contributed by atoms with Gasteiger partial charge in [0.1, 0.15) is 0 Å². The molecule has 2 aromatic rings. The number of aromatic nitrogens is 5. The Kier molecular flexibility index (Phi) is 3.78. The van der Waals surface area contributed by atoms with Gasteiger partial charge in [0.05, 0.1) is 0 Å². The van der Waals surface area contributed by atoms with Gasteiger partial charge in [-0.05, 0) is 35.2 Å². The first-order valence-corrected chi connectivity index (χ1v) is 6.74. The minimum atomic E-state index is 0.432. The predicted molar refractivity (Wildman–Crippen MR) is 69.4 cm³/mol. The molecule has 0 aromatic carbocycles. The highest BCUT2D eigenvalue weighted by molar-refractivity contribution is 7.99. The van der Waals surface area contributed by atoms with Crippen LogP contribution < -0.4 is 4.90 Å². The van der Waals surface area contributed by atoms with Gasteiger partial charge in [-0.1, -0.05) is 6.92 Å². The summed E-state index contributed by atoms with van der Waals surface area (Å²) in [5, 5.41) is 15.6. The van der Waals surface area contributed by atoms with Crippen molar-refractivity contribution in [3.05, 3.63) is 12.1 Å². The van der Waals surface area contributed by atoms with Crippen molar-refractivity contribution in [2.24, 2.45) is 0 Å². The number of hydrogen-bond donors (Lipinski definition) is 0. The maximum absolute atomic E-state index is 4.36. The smallest absolute Gasteiger partial charge is 0.200 e. The van der Waals surface area contributed by atoms with Crippen LogP contribution in [0.25, 0.3) is 5.65 Å². The van der Waals surface area contributed by atoms with Gasteiger partial charge in [-0.15, -0.1) is 14.8 Å². The van der Waals surface area contributed by atoms with Crippen molar-refractivity contribution in [2.75, 3.05) is 23.5 Å². The van der Waals surface area contributed by atoms with E-state index in [1.807, 2.05) is 30.9 Å². The minimum Gasteiger partial charge on any atom is -0.355 e. The van der Waals surface area contributed by atoms with Crippen LogP contribution in [0.5, 0.6) is 0 Å². The lowest BCUT2D eigenvalue weighted by molar-refractivity contribution is 0.695. The van der Waals surface area contributed by atoms with E-state index in [0.717, 1.165) is 17.3 Å². The summed E-state index contributed by atoms with van der Waals surface area (Å²) in [4.78, 5) is 2.14. The van der Waals surface area contributed by atoms with Gasteiger partial charge in [0.15, 0.2) is 11.5 Å². The number of thioether (sulfide) groups is 1. The molecule has 0 aliphatic heterocycles. The third-order valence-corrected chi connectivity index (χ3v) is 3.77. The molecule has 0 saturated carbocycles. The Balaban J connectivity index is 2.14. The van der Waals surface area contributed by atoms with Gasteiger partial charge in [0, 0.05) is 18.8 Å². The van der Waals surface area contributed by atoms with E-state index in [1.165, 1.54) is 4.63 Å². The molecule has 0 unspecified atom stereocenters. The summed E-state index contributed by atoms with van der Waals surface area (Å²) in [6.07, 6.45) is 0. The van der Waals surface area contributed by atoms with Gasteiger partial charge in [-0.3, -0.25) is 0 Å². The molecule has 0 aliphatic carbocycles. The zero-order chi connectivity index (χ0) is 12.3. The molecule has 17 heavy (non-hydrogen) atoms. The number of nitrogens with zero attached hydrogens (tertiary/aromatic N) is 6. The fourth-order valence-corrected chi connectivity index (χ4v) is 2.25. The average Bonchev–Trinajstić information content (AvgIpc) is 2.81. The normalized spacial score (nSPS) is 12.9. The molecule has 0 saturated heterocycles. The molecule has 0 radical (unpaired) electrons. The zero-order valence-corrected chi connectivity index (χ0v) is 11.1. The molecule has 2 aromatic heterocycles. The summed E-state index contributed by atoms with van der Waals surface area (Å²) < 4.78 is 1.45. The lowest BCUT2D eigenvalue weighted by atomic mass is 10.3. The number of rotatable bonds is 5. The van der Waals surface area contributed by atoms with Crippen LogP contribution in [0.3, 0.4) is 0 Å². The van der Waals surface area contributed by atoms with Gasteiger partial charge >= 0.3 is 0 Å². The molecule has 6 nitrogen and oxygen atoms in total. The minimum absolute atomic E-state index is 0.432. The first-order valence-electron chi connectivity index (χ1n) is 5.58. The van der Waals surface area contributed by atoms with Crippen LogP contribution in [-0.2, 0) is 0 Å². The molecule has 0 bridgehead atoms. The summed E-state index contributed by atoms with van der Waals surface area (Å²) >= 11 is 1.93. The Morgan fingerprint density at radius 3 is 3.06 bits per heavy atom. The number of tetrazole rings is 1. The average molecular weight is 252 g/mol. The van der Waals surface area contributed by atoms with Gasteiger partial charge in [-0.25, -0.2) is 0 Å². The molecule has 0 fully saturated rings. The van der Waals surface area contributed by atoms with Crippen molar-refractivity contribution in [1.29, 1.82) is 0 Å². The summed E-state index contributed by atoms with van der Waals surface area (Å²) in [6.45, 7) is 4.36. The second-order valence-electron chi connectivity index (χ2n) is 3.84. The van der Waals surface area contributed by atoms with Crippen molar-refractivity contribution in [3.63, 3.8) is 0 Å². The second-order valence-corrected chi connectivity index (χ2v) is 5.16. The molecular weight excluding hydrogens is 236 g/mol. The van der Waals surface area contributed by atoms with Crippen LogP contribution >= 0.6 is 11.8 Å². The fraction of sp³-hybridized carbons (Fsp3) is 0.600. The number of fused-ring (bicyclic) bond motifs is 1. The predicted octanol–water partition coefficient (Wildman–Crippen LogP) is 1.10. The summed E-state index contributed by atoms with van der Waals surface area (Å²) in [7, 11) is 2.04.